The zero-order valence-corrected chi connectivity index (χ0v) is 68.2. The van der Waals surface area contributed by atoms with E-state index in [1.165, 1.54) is 4.90 Å². The van der Waals surface area contributed by atoms with E-state index in [1.54, 1.807) is 95.0 Å². The normalized spacial score (nSPS) is 17.3. The van der Waals surface area contributed by atoms with Crippen molar-refractivity contribution >= 4 is 138 Å². The summed E-state index contributed by atoms with van der Waals surface area (Å²) in [4.78, 5) is 138. The van der Waals surface area contributed by atoms with Crippen LogP contribution in [0.5, 0.6) is 5.75 Å². The highest BCUT2D eigenvalue weighted by molar-refractivity contribution is 7.99. The fourth-order valence-electron chi connectivity index (χ4n) is 15.5. The quantitative estimate of drug-likeness (QED) is 0.0195. The number of hydrogen-bond donors (Lipinski definition) is 8. The number of ether oxygens (including phenoxy) is 3. The third-order valence-corrected chi connectivity index (χ3v) is 24.2. The van der Waals surface area contributed by atoms with Gasteiger partial charge in [0.25, 0.3) is 17.7 Å². The molecule has 0 saturated carbocycles. The van der Waals surface area contributed by atoms with Gasteiger partial charge >= 0.3 is 18.2 Å². The molecule has 3 saturated heterocycles. The minimum Gasteiger partial charge on any atom is -0.445 e. The number of nitrogens with zero attached hydrogens (tertiary/aromatic N) is 8. The Morgan fingerprint density at radius 1 is 0.692 bits per heavy atom. The predicted octanol–water partition coefficient (Wildman–Crippen LogP) is 11.7. The molecule has 0 radical (unpaired) electrons. The topological polar surface area (TPSA) is 323 Å². The number of amides is 9. The predicted molar refractivity (Wildman–Crippen MR) is 457 cm³/mol. The van der Waals surface area contributed by atoms with Crippen molar-refractivity contribution in [3.63, 3.8) is 0 Å². The van der Waals surface area contributed by atoms with Gasteiger partial charge in [-0.2, -0.15) is 0 Å². The molecule has 2 aromatic heterocycles. The molecule has 30 heteroatoms. The first-order chi connectivity index (χ1) is 56.7. The number of anilines is 4. The van der Waals surface area contributed by atoms with Crippen LogP contribution >= 0.6 is 35.1 Å². The van der Waals surface area contributed by atoms with Gasteiger partial charge in [0.15, 0.2) is 0 Å². The molecule has 610 valence electrons. The average molecular weight is 1640 g/mol. The number of benzene rings is 6. The maximum Gasteiger partial charge on any atom is 0.415 e. The monoisotopic (exact) mass is 1640 g/mol. The van der Waals surface area contributed by atoms with Crippen LogP contribution in [0.15, 0.2) is 180 Å². The van der Waals surface area contributed by atoms with E-state index < -0.39 is 48.2 Å². The first-order valence-electron chi connectivity index (χ1n) is 39.6. The second kappa shape index (κ2) is 38.4. The number of carbonyl (C=O) groups excluding carboxylic acids is 8. The average Bonchev–Trinajstić information content (AvgIpc) is 1.62. The molecule has 14 rings (SSSR count). The van der Waals surface area contributed by atoms with Crippen molar-refractivity contribution in [1.82, 2.24) is 55.8 Å². The molecule has 5 aliphatic rings. The second-order valence-electron chi connectivity index (χ2n) is 30.3. The summed E-state index contributed by atoms with van der Waals surface area (Å²) in [6, 6.07) is 49.5. The van der Waals surface area contributed by atoms with E-state index in [-0.39, 0.29) is 93.0 Å². The smallest absolute Gasteiger partial charge is 0.415 e. The third-order valence-electron chi connectivity index (χ3n) is 21.8. The molecule has 0 spiro atoms. The summed E-state index contributed by atoms with van der Waals surface area (Å²) in [6.45, 7) is 11.1. The van der Waals surface area contributed by atoms with Crippen LogP contribution in [0.3, 0.4) is 0 Å². The third kappa shape index (κ3) is 20.5. The second-order valence-corrected chi connectivity index (χ2v) is 32.7. The van der Waals surface area contributed by atoms with Crippen molar-refractivity contribution in [1.29, 1.82) is 0 Å². The van der Waals surface area contributed by atoms with E-state index in [1.807, 2.05) is 111 Å². The molecule has 117 heavy (non-hydrogen) atoms. The van der Waals surface area contributed by atoms with E-state index in [4.69, 9.17) is 41.5 Å². The number of rotatable bonds is 25. The number of likely N-dealkylation sites (tertiary alicyclic amines) is 1. The number of alkyl halides is 1. The summed E-state index contributed by atoms with van der Waals surface area (Å²) < 4.78 is 18.1. The van der Waals surface area contributed by atoms with Crippen LogP contribution < -0.4 is 52.2 Å². The van der Waals surface area contributed by atoms with Crippen molar-refractivity contribution < 1.29 is 52.6 Å². The zero-order chi connectivity index (χ0) is 81.6. The van der Waals surface area contributed by atoms with Crippen molar-refractivity contribution in [2.24, 2.45) is 11.7 Å². The minimum atomic E-state index is -1.04. The molecule has 2 bridgehead atoms. The summed E-state index contributed by atoms with van der Waals surface area (Å²) >= 11 is 10.1. The molecule has 0 unspecified atom stereocenters. The molecular formula is C87H97ClN16O11S2. The van der Waals surface area contributed by atoms with Gasteiger partial charge in [-0.1, -0.05) is 80.6 Å². The highest BCUT2D eigenvalue weighted by Gasteiger charge is 2.42. The summed E-state index contributed by atoms with van der Waals surface area (Å²) in [5.74, 6) is -0.601. The Hall–Kier alpha value is -11.1. The Labute approximate surface area is 692 Å². The van der Waals surface area contributed by atoms with E-state index in [0.717, 1.165) is 69.4 Å². The number of primary amides is 1. The number of aromatic amines is 1. The standard InChI is InChI=1S/C87H97ClN16O11S2/c1-54(2)79(90-31-32-91-80(105)57-22-28-70-72(42-57)97-75-53-117-66-14-9-7-5-6-8-13-65(45-66)116-52-74(75)96-70)83(108)98-71(17-12-30-92-85(89)110)82(107)93-60-23-18-55(19-24-60)51-114-86(111)100(4)49-64-44-63(102-37-39-113-40-38-102)50-103(64)87(112)115-77-46-76-78(68-16-11-10-15-67(68)77)59(47-88)48-104(76)84(109)73-43-58-41-61(25-29-69(58)95-73)94-81(106)56-20-26-62(27-21-56)101-35-33-99(3)34-36-101/h5-11,13-16,18-29,41-43,45-46,54,59,63-64,71,79,90,95H,12,17,30-40,44,47-53H2,1-4H3,(H,91,105)(H,93,107)(H,94,106)(H,98,108)(H3,89,92,110)/t59-,63-,64+,71-,79-/m1/s1. The number of urea groups is 1. The van der Waals surface area contributed by atoms with Crippen molar-refractivity contribution in [2.75, 3.05) is 132 Å². The summed E-state index contributed by atoms with van der Waals surface area (Å²) in [6.07, 6.45) is -0.284. The Kier molecular flexibility index (Phi) is 27.0. The van der Waals surface area contributed by atoms with Gasteiger partial charge in [0.1, 0.15) is 24.1 Å². The highest BCUT2D eigenvalue weighted by atomic mass is 35.5. The number of nitrogens with two attached hydrogens (primary N) is 1. The van der Waals surface area contributed by atoms with E-state index >= 15 is 0 Å². The molecule has 5 aliphatic heterocycles. The summed E-state index contributed by atoms with van der Waals surface area (Å²) in [5.41, 5.74) is 14.4. The van der Waals surface area contributed by atoms with Gasteiger partial charge < -0.3 is 81.3 Å². The molecule has 5 atom stereocenters. The molecule has 9 aromatic rings. The minimum absolute atomic E-state index is 0.0721. The number of fused-ring (bicyclic) bond motifs is 8. The van der Waals surface area contributed by atoms with Crippen LogP contribution in [-0.4, -0.2) is 218 Å². The Bertz CT molecular complexity index is 5220. The zero-order valence-electron chi connectivity index (χ0n) is 65.8. The lowest BCUT2D eigenvalue weighted by Gasteiger charge is -2.34. The van der Waals surface area contributed by atoms with Gasteiger partial charge in [-0.15, -0.1) is 35.1 Å². The summed E-state index contributed by atoms with van der Waals surface area (Å²) in [7, 11) is 3.73. The maximum atomic E-state index is 15.0. The number of H-pyrrole nitrogens is 1. The largest absolute Gasteiger partial charge is 0.445 e. The van der Waals surface area contributed by atoms with E-state index in [0.29, 0.717) is 119 Å². The fourth-order valence-corrected chi connectivity index (χ4v) is 17.6. The molecular weight excluding hydrogens is 1540 g/mol. The van der Waals surface area contributed by atoms with Crippen LogP contribution in [-0.2, 0) is 37.2 Å². The number of morpholine rings is 1. The maximum absolute atomic E-state index is 15.0. The Morgan fingerprint density at radius 3 is 2.10 bits per heavy atom. The molecule has 9 amide bonds. The lowest BCUT2D eigenvalue weighted by Crippen LogP contribution is -2.54. The fraction of sp³-hybridized carbons (Fsp3) is 0.356. The number of carbonyl (C=O) groups is 8. The van der Waals surface area contributed by atoms with Gasteiger partial charge in [-0.25, -0.2) is 24.4 Å². The number of likely N-dealkylation sites (N-methyl/N-ethyl adjacent to an activating group) is 2. The number of nitrogens with one attached hydrogen (secondary N) is 7. The number of aromatic nitrogens is 3. The molecule has 0 aliphatic carbocycles. The van der Waals surface area contributed by atoms with Crippen molar-refractivity contribution in [3.8, 4) is 5.75 Å². The van der Waals surface area contributed by atoms with Crippen molar-refractivity contribution in [3.05, 3.63) is 209 Å². The van der Waals surface area contributed by atoms with E-state index in [2.05, 4.69) is 76.8 Å². The molecule has 9 N–H and O–H groups in total. The Balaban J connectivity index is 0.582. The molecule has 7 aromatic carbocycles. The number of thioether (sulfide) groups is 2. The lowest BCUT2D eigenvalue weighted by atomic mass is 9.95. The van der Waals surface area contributed by atoms with Crippen LogP contribution in [0, 0.1) is 5.92 Å². The van der Waals surface area contributed by atoms with Gasteiger partial charge in [-0.05, 0) is 146 Å². The number of hydrogen-bond acceptors (Lipinski definition) is 19. The highest BCUT2D eigenvalue weighted by Crippen LogP contribution is 2.47. The van der Waals surface area contributed by atoms with Gasteiger partial charge in [0.05, 0.1) is 53.4 Å². The lowest BCUT2D eigenvalue weighted by molar-refractivity contribution is -0.128. The summed E-state index contributed by atoms with van der Waals surface area (Å²) in [5, 5.41) is 19.8. The molecule has 7 heterocycles. The van der Waals surface area contributed by atoms with Crippen LogP contribution in [0.2, 0.25) is 0 Å². The van der Waals surface area contributed by atoms with Gasteiger partial charge in [0, 0.05) is 175 Å². The number of halogens is 1. The molecule has 27 nitrogen and oxygen atoms in total. The van der Waals surface area contributed by atoms with Gasteiger partial charge in [-0.3, -0.25) is 28.9 Å². The SMILES string of the molecule is CC(C)[C@@H](NCCNC(=O)c1ccc2nc3c(nc2c1)CSc1cccccccc(c1)SC3)C(=O)N[C@H](CCCNC(N)=O)C(=O)Nc1ccc(COC(=O)N(C)C[C@@H]2C[C@@H](N3CCOCC3)CN2C(=O)Oc2cc3c(c4ccccc24)[C@H](CCl)CN3C(=O)c2cc3cc(NC(=O)c4ccc(N5CCN(C)CC5)cc4)ccc3[nH]2)cc1. The first-order valence-corrected chi connectivity index (χ1v) is 42.1. The van der Waals surface area contributed by atoms with Crippen LogP contribution in [0.25, 0.3) is 32.7 Å². The van der Waals surface area contributed by atoms with Crippen LogP contribution in [0.4, 0.5) is 37.1 Å². The first kappa shape index (κ1) is 82.5. The molecule has 3 fully saturated rings. The van der Waals surface area contributed by atoms with Crippen molar-refractivity contribution in [2.45, 2.75) is 91.1 Å². The van der Waals surface area contributed by atoms with E-state index in [9.17, 15) is 38.4 Å². The Morgan fingerprint density at radius 2 is 1.38 bits per heavy atom. The van der Waals surface area contributed by atoms with Gasteiger partial charge in [0.2, 0.25) is 11.8 Å². The number of piperazine rings is 1. The van der Waals surface area contributed by atoms with Crippen LogP contribution in [0.1, 0.15) is 92.7 Å².